The molecule has 1 N–H and O–H groups in total. The molecule has 0 fully saturated rings. The van der Waals surface area contributed by atoms with Crippen LogP contribution >= 0.6 is 11.3 Å². The van der Waals surface area contributed by atoms with Gasteiger partial charge in [-0.3, -0.25) is 14.9 Å². The van der Waals surface area contributed by atoms with Gasteiger partial charge in [-0.05, 0) is 49.8 Å². The van der Waals surface area contributed by atoms with Crippen molar-refractivity contribution < 1.29 is 19.2 Å². The summed E-state index contributed by atoms with van der Waals surface area (Å²) in [6.07, 6.45) is 3.79. The molecule has 0 unspecified atom stereocenters. The van der Waals surface area contributed by atoms with Crippen molar-refractivity contribution in [1.29, 1.82) is 0 Å². The summed E-state index contributed by atoms with van der Waals surface area (Å²) >= 11 is 1.43. The zero-order chi connectivity index (χ0) is 20.3. The number of anilines is 1. The first-order chi connectivity index (χ1) is 13.4. The van der Waals surface area contributed by atoms with Crippen LogP contribution in [-0.4, -0.2) is 23.4 Å². The molecule has 1 amide bonds. The Morgan fingerprint density at radius 3 is 2.61 bits per heavy atom. The molecule has 1 aliphatic carbocycles. The van der Waals surface area contributed by atoms with Crippen LogP contribution in [0.2, 0.25) is 0 Å². The van der Waals surface area contributed by atoms with Gasteiger partial charge in [0.05, 0.1) is 17.1 Å². The molecule has 1 aromatic carbocycles. The number of non-ortho nitro benzene ring substituents is 1. The number of benzene rings is 1. The first-order valence-electron chi connectivity index (χ1n) is 9.32. The molecule has 0 spiro atoms. The molecule has 0 saturated heterocycles. The van der Waals surface area contributed by atoms with E-state index in [1.54, 1.807) is 6.92 Å². The van der Waals surface area contributed by atoms with Crippen LogP contribution in [0.1, 0.15) is 57.8 Å². The van der Waals surface area contributed by atoms with Crippen molar-refractivity contribution in [2.75, 3.05) is 11.9 Å². The Morgan fingerprint density at radius 1 is 1.29 bits per heavy atom. The largest absolute Gasteiger partial charge is 0.462 e. The van der Waals surface area contributed by atoms with Crippen LogP contribution in [0.3, 0.4) is 0 Å². The number of hydrogen-bond acceptors (Lipinski definition) is 6. The van der Waals surface area contributed by atoms with Gasteiger partial charge in [-0.2, -0.15) is 0 Å². The van der Waals surface area contributed by atoms with E-state index in [1.165, 1.54) is 35.6 Å². The van der Waals surface area contributed by atoms with Crippen molar-refractivity contribution in [3.8, 4) is 0 Å². The predicted molar refractivity (Wildman–Crippen MR) is 107 cm³/mol. The highest BCUT2D eigenvalue weighted by Gasteiger charge is 2.30. The van der Waals surface area contributed by atoms with Crippen LogP contribution in [0.25, 0.3) is 0 Å². The fourth-order valence-corrected chi connectivity index (χ4v) is 4.76. The Labute approximate surface area is 166 Å². The average molecular weight is 402 g/mol. The average Bonchev–Trinajstić information content (AvgIpc) is 3.04. The van der Waals surface area contributed by atoms with Crippen LogP contribution in [0.4, 0.5) is 10.7 Å². The van der Waals surface area contributed by atoms with E-state index in [-0.39, 0.29) is 12.3 Å². The van der Waals surface area contributed by atoms with Gasteiger partial charge < -0.3 is 10.1 Å². The highest BCUT2D eigenvalue weighted by Crippen LogP contribution is 2.41. The maximum atomic E-state index is 12.6. The Bertz CT molecular complexity index is 904. The van der Waals surface area contributed by atoms with Crippen molar-refractivity contribution in [2.45, 2.75) is 39.5 Å². The minimum Gasteiger partial charge on any atom is -0.462 e. The number of carbonyl (C=O) groups is 2. The summed E-state index contributed by atoms with van der Waals surface area (Å²) < 4.78 is 5.22. The molecule has 1 aromatic heterocycles. The minimum absolute atomic E-state index is 0.0824. The summed E-state index contributed by atoms with van der Waals surface area (Å²) in [5.74, 6) is -0.251. The van der Waals surface area contributed by atoms with E-state index in [4.69, 9.17) is 4.74 Å². The summed E-state index contributed by atoms with van der Waals surface area (Å²) in [4.78, 5) is 36.6. The lowest BCUT2D eigenvalue weighted by Crippen LogP contribution is -2.17. The standard InChI is InChI=1S/C20H22N2O5S/c1-3-12-5-10-15-16(11-12)28-19(17(15)20(24)27-4-2)21-18(23)13-6-8-14(9-7-13)22(25)26/h6-9,12H,3-5,10-11H2,1-2H3,(H,21,23)/t12-/m0/s1. The third kappa shape index (κ3) is 4.06. The number of nitro groups is 1. The molecule has 1 aliphatic rings. The number of nitro benzene ring substituents is 1. The molecule has 0 radical (unpaired) electrons. The Morgan fingerprint density at radius 2 is 2.00 bits per heavy atom. The molecule has 0 saturated carbocycles. The second-order valence-corrected chi connectivity index (χ2v) is 7.81. The molecule has 0 aliphatic heterocycles. The van der Waals surface area contributed by atoms with Gasteiger partial charge >= 0.3 is 5.97 Å². The third-order valence-corrected chi connectivity index (χ3v) is 6.16. The molecule has 1 heterocycles. The molecular formula is C20H22N2O5S. The van der Waals surface area contributed by atoms with E-state index in [0.717, 1.165) is 36.1 Å². The number of nitrogens with one attached hydrogen (secondary N) is 1. The number of nitrogens with zero attached hydrogens (tertiary/aromatic N) is 1. The van der Waals surface area contributed by atoms with Crippen molar-refractivity contribution in [3.63, 3.8) is 0 Å². The first kappa shape index (κ1) is 20.0. The lowest BCUT2D eigenvalue weighted by atomic mass is 9.85. The Hall–Kier alpha value is -2.74. The predicted octanol–water partition coefficient (Wildman–Crippen LogP) is 4.60. The molecule has 28 heavy (non-hydrogen) atoms. The van der Waals surface area contributed by atoms with E-state index >= 15 is 0 Å². The summed E-state index contributed by atoms with van der Waals surface area (Å²) in [6.45, 7) is 4.17. The number of ether oxygens (including phenoxy) is 1. The Balaban J connectivity index is 1.90. The molecule has 1 atom stereocenters. The summed E-state index contributed by atoms with van der Waals surface area (Å²) in [7, 11) is 0. The molecule has 7 nitrogen and oxygen atoms in total. The third-order valence-electron chi connectivity index (χ3n) is 4.99. The number of thiophene rings is 1. The van der Waals surface area contributed by atoms with Gasteiger partial charge in [-0.1, -0.05) is 13.3 Å². The summed E-state index contributed by atoms with van der Waals surface area (Å²) in [5.41, 5.74) is 1.64. The SMILES string of the molecule is CCOC(=O)c1c(NC(=O)c2ccc([N+](=O)[O-])cc2)sc2c1CC[C@H](CC)C2. The highest BCUT2D eigenvalue weighted by atomic mass is 32.1. The van der Waals surface area contributed by atoms with Gasteiger partial charge in [-0.15, -0.1) is 11.3 Å². The number of amides is 1. The van der Waals surface area contributed by atoms with Crippen molar-refractivity contribution in [1.82, 2.24) is 0 Å². The number of rotatable bonds is 6. The smallest absolute Gasteiger partial charge is 0.341 e. The maximum absolute atomic E-state index is 12.6. The summed E-state index contributed by atoms with van der Waals surface area (Å²) in [6, 6.07) is 5.37. The van der Waals surface area contributed by atoms with Crippen molar-refractivity contribution in [2.24, 2.45) is 5.92 Å². The van der Waals surface area contributed by atoms with Crippen LogP contribution in [0.15, 0.2) is 24.3 Å². The quantitative estimate of drug-likeness (QED) is 0.432. The van der Waals surface area contributed by atoms with Gasteiger partial charge in [0.1, 0.15) is 5.00 Å². The van der Waals surface area contributed by atoms with E-state index in [0.29, 0.717) is 22.0 Å². The van der Waals surface area contributed by atoms with Gasteiger partial charge in [0.15, 0.2) is 0 Å². The molecule has 0 bridgehead atoms. The maximum Gasteiger partial charge on any atom is 0.341 e. The van der Waals surface area contributed by atoms with E-state index < -0.39 is 16.8 Å². The van der Waals surface area contributed by atoms with Crippen LogP contribution in [-0.2, 0) is 17.6 Å². The molecule has 3 rings (SSSR count). The minimum atomic E-state index is -0.516. The second kappa shape index (κ2) is 8.52. The van der Waals surface area contributed by atoms with E-state index in [9.17, 15) is 19.7 Å². The fraction of sp³-hybridized carbons (Fsp3) is 0.400. The number of fused-ring (bicyclic) bond motifs is 1. The van der Waals surface area contributed by atoms with Crippen LogP contribution in [0.5, 0.6) is 0 Å². The molecule has 8 heteroatoms. The normalized spacial score (nSPS) is 15.6. The topological polar surface area (TPSA) is 98.5 Å². The van der Waals surface area contributed by atoms with Gasteiger partial charge in [0, 0.05) is 22.6 Å². The van der Waals surface area contributed by atoms with Gasteiger partial charge in [0.25, 0.3) is 11.6 Å². The first-order valence-corrected chi connectivity index (χ1v) is 10.1. The van der Waals surface area contributed by atoms with E-state index in [2.05, 4.69) is 12.2 Å². The molecule has 2 aromatic rings. The van der Waals surface area contributed by atoms with Crippen molar-refractivity contribution >= 4 is 33.9 Å². The lowest BCUT2D eigenvalue weighted by molar-refractivity contribution is -0.384. The number of hydrogen-bond donors (Lipinski definition) is 1. The zero-order valence-electron chi connectivity index (χ0n) is 15.8. The zero-order valence-corrected chi connectivity index (χ0v) is 16.6. The van der Waals surface area contributed by atoms with Crippen molar-refractivity contribution in [3.05, 3.63) is 55.9 Å². The monoisotopic (exact) mass is 402 g/mol. The van der Waals surface area contributed by atoms with Gasteiger partial charge in [0.2, 0.25) is 0 Å². The molecular weight excluding hydrogens is 380 g/mol. The number of esters is 1. The van der Waals surface area contributed by atoms with Crippen LogP contribution < -0.4 is 5.32 Å². The lowest BCUT2D eigenvalue weighted by Gasteiger charge is -2.20. The molecule has 148 valence electrons. The van der Waals surface area contributed by atoms with Crippen LogP contribution in [0, 0.1) is 16.0 Å². The van der Waals surface area contributed by atoms with Gasteiger partial charge in [-0.25, -0.2) is 4.79 Å². The fourth-order valence-electron chi connectivity index (χ4n) is 3.42. The Kier molecular flexibility index (Phi) is 6.08. The second-order valence-electron chi connectivity index (χ2n) is 6.70. The summed E-state index contributed by atoms with van der Waals surface area (Å²) in [5, 5.41) is 14.1. The highest BCUT2D eigenvalue weighted by molar-refractivity contribution is 7.17. The van der Waals surface area contributed by atoms with E-state index in [1.807, 2.05) is 0 Å². The number of carbonyl (C=O) groups excluding carboxylic acids is 2.